The minimum atomic E-state index is -0.0860. The third-order valence-corrected chi connectivity index (χ3v) is 8.91. The number of nitrogen functional groups attached to an aromatic ring is 1. The summed E-state index contributed by atoms with van der Waals surface area (Å²) in [5, 5.41) is 14.5. The molecule has 7 nitrogen and oxygen atoms in total. The monoisotopic (exact) mass is 481 g/mol. The zero-order valence-electron chi connectivity index (χ0n) is 21.6. The molecule has 6 rings (SSSR count). The predicted molar refractivity (Wildman–Crippen MR) is 141 cm³/mol. The van der Waals surface area contributed by atoms with Crippen LogP contribution in [0.15, 0.2) is 24.5 Å². The highest BCUT2D eigenvalue weighted by molar-refractivity contribution is 5.64. The minimum absolute atomic E-state index is 0.0860. The fourth-order valence-electron chi connectivity index (χ4n) is 6.87. The number of aromatic nitrogens is 4. The second kappa shape index (κ2) is 8.62. The van der Waals surface area contributed by atoms with E-state index >= 15 is 0 Å². The van der Waals surface area contributed by atoms with Crippen LogP contribution in [0.5, 0.6) is 0 Å². The highest BCUT2D eigenvalue weighted by Gasteiger charge is 2.44. The van der Waals surface area contributed by atoms with Crippen LogP contribution in [0.1, 0.15) is 90.7 Å². The van der Waals surface area contributed by atoms with Crippen molar-refractivity contribution in [2.45, 2.75) is 76.0 Å². The third-order valence-electron chi connectivity index (χ3n) is 8.91. The first-order valence-corrected chi connectivity index (χ1v) is 13.4. The highest BCUT2D eigenvalue weighted by Crippen LogP contribution is 2.51. The zero-order valence-corrected chi connectivity index (χ0v) is 21.6. The summed E-state index contributed by atoms with van der Waals surface area (Å²) in [4.78, 5) is 12.6. The minimum Gasteiger partial charge on any atom is -0.398 e. The summed E-state index contributed by atoms with van der Waals surface area (Å²) < 4.78 is 1.88. The lowest BCUT2D eigenvalue weighted by molar-refractivity contribution is 0.332. The van der Waals surface area contributed by atoms with Crippen molar-refractivity contribution in [2.75, 3.05) is 23.7 Å². The van der Waals surface area contributed by atoms with Crippen LogP contribution in [0.3, 0.4) is 0 Å². The Morgan fingerprint density at radius 2 is 2.06 bits per heavy atom. The third kappa shape index (κ3) is 3.57. The molecule has 0 amide bonds. The van der Waals surface area contributed by atoms with Gasteiger partial charge >= 0.3 is 0 Å². The maximum absolute atomic E-state index is 10.2. The summed E-state index contributed by atoms with van der Waals surface area (Å²) in [7, 11) is 1.97. The standard InChI is InChI=1S/C29H35N7/c1-4-26-33-25-12-29(10-5-6-18(2)21-7-8-24(31)23(13-30)27(21)29)11-9-22(25)28(34-26)36-16-20(17-36)19-14-32-35(3)15-19/h7-8,14-15,18,20H,4-6,9-12,16-17,31H2,1-3H3. The quantitative estimate of drug-likeness (QED) is 0.552. The van der Waals surface area contributed by atoms with Gasteiger partial charge < -0.3 is 10.6 Å². The Hall–Kier alpha value is -3.40. The first-order valence-electron chi connectivity index (χ1n) is 13.4. The van der Waals surface area contributed by atoms with Crippen LogP contribution in [0.25, 0.3) is 0 Å². The number of nitriles is 1. The number of rotatable bonds is 3. The van der Waals surface area contributed by atoms with Crippen molar-refractivity contribution in [1.29, 1.82) is 5.26 Å². The largest absolute Gasteiger partial charge is 0.398 e. The molecule has 2 N–H and O–H groups in total. The first-order chi connectivity index (χ1) is 17.4. The number of aryl methyl sites for hydroxylation is 2. The molecule has 2 unspecified atom stereocenters. The van der Waals surface area contributed by atoms with E-state index in [2.05, 4.69) is 42.2 Å². The molecule has 2 aliphatic carbocycles. The Morgan fingerprint density at radius 1 is 1.22 bits per heavy atom. The van der Waals surface area contributed by atoms with Crippen LogP contribution in [-0.4, -0.2) is 32.8 Å². The van der Waals surface area contributed by atoms with Crippen molar-refractivity contribution < 1.29 is 0 Å². The SMILES string of the molecule is CCc1nc2c(c(N3CC(c4cnn(C)c4)C3)n1)CCC1(CCCC(C)c3ccc(N)c(C#N)c31)C2. The van der Waals surface area contributed by atoms with E-state index < -0.39 is 0 Å². The van der Waals surface area contributed by atoms with Crippen molar-refractivity contribution in [3.05, 3.63) is 63.9 Å². The molecule has 0 bridgehead atoms. The van der Waals surface area contributed by atoms with Gasteiger partial charge in [0.15, 0.2) is 0 Å². The fourth-order valence-corrected chi connectivity index (χ4v) is 6.87. The molecule has 1 aliphatic heterocycles. The maximum atomic E-state index is 10.2. The van der Waals surface area contributed by atoms with Crippen LogP contribution in [0.4, 0.5) is 11.5 Å². The fraction of sp³-hybridized carbons (Fsp3) is 0.517. The first kappa shape index (κ1) is 23.0. The zero-order chi connectivity index (χ0) is 25.0. The lowest BCUT2D eigenvalue weighted by atomic mass is 9.64. The highest BCUT2D eigenvalue weighted by atomic mass is 15.3. The predicted octanol–water partition coefficient (Wildman–Crippen LogP) is 4.54. The number of benzene rings is 1. The summed E-state index contributed by atoms with van der Waals surface area (Å²) in [6.45, 7) is 6.37. The molecule has 2 aromatic heterocycles. The van der Waals surface area contributed by atoms with Gasteiger partial charge in [0.2, 0.25) is 0 Å². The average molecular weight is 482 g/mol. The molecule has 3 heterocycles. The van der Waals surface area contributed by atoms with E-state index in [1.165, 1.54) is 27.9 Å². The van der Waals surface area contributed by atoms with E-state index in [-0.39, 0.29) is 5.41 Å². The maximum Gasteiger partial charge on any atom is 0.135 e. The second-order valence-electron chi connectivity index (χ2n) is 11.1. The van der Waals surface area contributed by atoms with Crippen LogP contribution in [0, 0.1) is 11.3 Å². The Labute approximate surface area is 213 Å². The lowest BCUT2D eigenvalue weighted by Crippen LogP contribution is -2.47. The average Bonchev–Trinajstić information content (AvgIpc) is 3.22. The van der Waals surface area contributed by atoms with Gasteiger partial charge in [-0.15, -0.1) is 0 Å². The van der Waals surface area contributed by atoms with Crippen molar-refractivity contribution in [3.63, 3.8) is 0 Å². The van der Waals surface area contributed by atoms with Crippen molar-refractivity contribution in [3.8, 4) is 6.07 Å². The summed E-state index contributed by atoms with van der Waals surface area (Å²) in [6.07, 6.45) is 11.1. The molecule has 0 saturated carbocycles. The molecule has 1 spiro atoms. The Kier molecular flexibility index (Phi) is 5.51. The van der Waals surface area contributed by atoms with Crippen LogP contribution >= 0.6 is 0 Å². The molecule has 3 aliphatic rings. The Morgan fingerprint density at radius 3 is 2.78 bits per heavy atom. The van der Waals surface area contributed by atoms with Gasteiger partial charge in [-0.3, -0.25) is 4.68 Å². The number of hydrogen-bond acceptors (Lipinski definition) is 6. The van der Waals surface area contributed by atoms with E-state index in [4.69, 9.17) is 15.7 Å². The molecule has 1 saturated heterocycles. The van der Waals surface area contributed by atoms with Gasteiger partial charge in [0.1, 0.15) is 17.7 Å². The molecule has 186 valence electrons. The van der Waals surface area contributed by atoms with Gasteiger partial charge in [-0.25, -0.2) is 9.97 Å². The van der Waals surface area contributed by atoms with Crippen LogP contribution in [0.2, 0.25) is 0 Å². The van der Waals surface area contributed by atoms with Crippen LogP contribution in [-0.2, 0) is 31.7 Å². The lowest BCUT2D eigenvalue weighted by Gasteiger charge is -2.44. The topological polar surface area (TPSA) is 96.7 Å². The van der Waals surface area contributed by atoms with Crippen molar-refractivity contribution in [2.24, 2.45) is 7.05 Å². The molecule has 2 atom stereocenters. The van der Waals surface area contributed by atoms with E-state index in [0.717, 1.165) is 69.7 Å². The smallest absolute Gasteiger partial charge is 0.135 e. The van der Waals surface area contributed by atoms with Gasteiger partial charge in [-0.05, 0) is 60.8 Å². The molecule has 36 heavy (non-hydrogen) atoms. The Bertz CT molecular complexity index is 1360. The number of hydrogen-bond donors (Lipinski definition) is 1. The summed E-state index contributed by atoms with van der Waals surface area (Å²) in [5.41, 5.74) is 13.9. The normalized spacial score (nSPS) is 23.5. The molecule has 1 aromatic carbocycles. The molecular weight excluding hydrogens is 446 g/mol. The number of nitrogens with zero attached hydrogens (tertiary/aromatic N) is 6. The van der Waals surface area contributed by atoms with Crippen LogP contribution < -0.4 is 10.6 Å². The second-order valence-corrected chi connectivity index (χ2v) is 11.1. The van der Waals surface area contributed by atoms with Gasteiger partial charge in [0, 0.05) is 55.3 Å². The van der Waals surface area contributed by atoms with E-state index in [1.54, 1.807) is 0 Å². The molecule has 1 fully saturated rings. The van der Waals surface area contributed by atoms with Gasteiger partial charge in [0.25, 0.3) is 0 Å². The van der Waals surface area contributed by atoms with E-state index in [9.17, 15) is 5.26 Å². The van der Waals surface area contributed by atoms with Crippen molar-refractivity contribution >= 4 is 11.5 Å². The molecule has 3 aromatic rings. The number of nitrogens with two attached hydrogens (primary N) is 1. The summed E-state index contributed by atoms with van der Waals surface area (Å²) >= 11 is 0. The Balaban J connectivity index is 1.39. The van der Waals surface area contributed by atoms with E-state index in [1.807, 2.05) is 24.0 Å². The number of fused-ring (bicyclic) bond motifs is 3. The van der Waals surface area contributed by atoms with Gasteiger partial charge in [-0.2, -0.15) is 10.4 Å². The van der Waals surface area contributed by atoms with E-state index in [0.29, 0.717) is 23.1 Å². The molecule has 7 heteroatoms. The summed E-state index contributed by atoms with van der Waals surface area (Å²) in [5.74, 6) is 2.98. The molecular formula is C29H35N7. The summed E-state index contributed by atoms with van der Waals surface area (Å²) in [6, 6.07) is 6.60. The van der Waals surface area contributed by atoms with Gasteiger partial charge in [0.05, 0.1) is 17.5 Å². The number of anilines is 2. The van der Waals surface area contributed by atoms with Gasteiger partial charge in [-0.1, -0.05) is 26.3 Å². The van der Waals surface area contributed by atoms with Crippen molar-refractivity contribution in [1.82, 2.24) is 19.7 Å². The molecule has 0 radical (unpaired) electrons.